The zero-order chi connectivity index (χ0) is 37.2. The van der Waals surface area contributed by atoms with Crippen LogP contribution in [0.5, 0.6) is 0 Å². The summed E-state index contributed by atoms with van der Waals surface area (Å²) in [6.07, 6.45) is 9.04. The Hall–Kier alpha value is -0.160. The predicted molar refractivity (Wildman–Crippen MR) is 218 cm³/mol. The van der Waals surface area contributed by atoms with Gasteiger partial charge in [0.1, 0.15) is 0 Å². The molecule has 9 rings (SSSR count). The Labute approximate surface area is 327 Å². The van der Waals surface area contributed by atoms with Crippen LogP contribution in [-0.2, 0) is 28.4 Å². The van der Waals surface area contributed by atoms with Gasteiger partial charge in [0, 0.05) is 104 Å². The highest BCUT2D eigenvalue weighted by atomic mass is 31.3. The molecule has 0 radical (unpaired) electrons. The van der Waals surface area contributed by atoms with Crippen molar-refractivity contribution in [2.45, 2.75) is 0 Å². The average Bonchev–Trinajstić information content (AvgIpc) is 3.88. The molecule has 0 aromatic rings. The topological polar surface area (TPSA) is 131 Å². The van der Waals surface area contributed by atoms with Crippen LogP contribution in [-0.4, -0.2) is 222 Å². The molecule has 22 heteroatoms. The Balaban J connectivity index is 1.42. The maximum Gasteiger partial charge on any atom is 0.221 e. The van der Waals surface area contributed by atoms with Gasteiger partial charge < -0.3 is 28.4 Å². The summed E-state index contributed by atoms with van der Waals surface area (Å²) in [6, 6.07) is 0. The van der Waals surface area contributed by atoms with Crippen LogP contribution in [0.3, 0.4) is 0 Å². The largest absolute Gasteiger partial charge is 0.379 e. The van der Waals surface area contributed by atoms with E-state index >= 15 is 0 Å². The number of hydrogen-bond acceptors (Lipinski definition) is 18. The maximum atomic E-state index is 6.67. The van der Waals surface area contributed by atoms with Crippen LogP contribution >= 0.6 is 30.0 Å². The smallest absolute Gasteiger partial charge is 0.221 e. The summed E-state index contributed by atoms with van der Waals surface area (Å²) in [5, 5.41) is 0. The van der Waals surface area contributed by atoms with Crippen LogP contribution < -0.4 is 0 Å². The second kappa shape index (κ2) is 17.8. The number of likely N-dealkylation sites (N-methyl/N-ethyl adjacent to an activating group) is 1. The monoisotopic (exact) mass is 846 g/mol. The van der Waals surface area contributed by atoms with Crippen molar-refractivity contribution in [2.24, 2.45) is 24.0 Å². The minimum atomic E-state index is -2.95. The number of ether oxygens (including phenoxy) is 6. The maximum absolute atomic E-state index is 6.67. The van der Waals surface area contributed by atoms with Gasteiger partial charge in [-0.05, 0) is 7.05 Å². The van der Waals surface area contributed by atoms with Gasteiger partial charge in [0.15, 0.2) is 0 Å². The molecule has 0 bridgehead atoms. The summed E-state index contributed by atoms with van der Waals surface area (Å²) in [5.74, 6) is 0.306. The first-order chi connectivity index (χ1) is 27.1. The minimum absolute atomic E-state index is 0.306. The third-order valence-corrected chi connectivity index (χ3v) is 28.8. The molecule has 1 atom stereocenters. The fourth-order valence-electron chi connectivity index (χ4n) is 8.90. The average molecular weight is 847 g/mol. The quantitative estimate of drug-likeness (QED) is 0.329. The lowest BCUT2D eigenvalue weighted by Crippen LogP contribution is -2.46. The van der Waals surface area contributed by atoms with E-state index in [9.17, 15) is 0 Å². The standard InChI is InChI=1S/C33H62N12O6P4/c1-38-6-7-45(32-33-4-2-3-5-33)52(38)34-53(39-8-20-46-21-9-39,40-10-22-47-23-11-40)36-55(43-16-28-50-29-17-43,44-18-30-51-31-19-44)37-54(35-52,41-12-24-48-25-13-41)42-14-26-49-27-15-42/h2-5,33H,6-32H2,1H3. The predicted octanol–water partition coefficient (Wildman–Crippen LogP) is 3.77. The molecule has 0 saturated carbocycles. The molecule has 9 aliphatic rings. The molecule has 18 nitrogen and oxygen atoms in total. The molecule has 8 heterocycles. The molecule has 7 fully saturated rings. The SMILES string of the molecule is CN1CCN(CC2C=CC=C2)P12=NP(N1CCOCC1)(N1CCOCC1)=NP(N1CCOCC1)(N1CCOCC1)=NP(N1CCOCC1)(N1CCOCC1)=N2. The zero-order valence-corrected chi connectivity index (χ0v) is 36.2. The van der Waals surface area contributed by atoms with Gasteiger partial charge in [-0.15, -0.1) is 0 Å². The Morgan fingerprint density at radius 1 is 0.400 bits per heavy atom. The van der Waals surface area contributed by atoms with Gasteiger partial charge in [-0.1, -0.05) is 24.3 Å². The van der Waals surface area contributed by atoms with Gasteiger partial charge in [0.05, 0.1) is 79.3 Å². The molecule has 1 unspecified atom stereocenters. The van der Waals surface area contributed by atoms with Gasteiger partial charge in [0.2, 0.25) is 30.0 Å². The van der Waals surface area contributed by atoms with Gasteiger partial charge in [-0.2, -0.15) is 18.1 Å². The Bertz CT molecular complexity index is 1520. The molecule has 310 valence electrons. The van der Waals surface area contributed by atoms with E-state index in [1.807, 2.05) is 0 Å². The molecule has 55 heavy (non-hydrogen) atoms. The Morgan fingerprint density at radius 3 is 0.982 bits per heavy atom. The van der Waals surface area contributed by atoms with E-state index in [1.54, 1.807) is 0 Å². The van der Waals surface area contributed by atoms with Crippen molar-refractivity contribution in [1.82, 2.24) is 37.4 Å². The van der Waals surface area contributed by atoms with Crippen molar-refractivity contribution >= 4 is 30.0 Å². The van der Waals surface area contributed by atoms with E-state index in [-0.39, 0.29) is 0 Å². The summed E-state index contributed by atoms with van der Waals surface area (Å²) in [5.41, 5.74) is 0. The van der Waals surface area contributed by atoms with Crippen LogP contribution in [0.4, 0.5) is 0 Å². The summed E-state index contributed by atoms with van der Waals surface area (Å²) >= 11 is 0. The number of allylic oxidation sites excluding steroid dienone is 2. The molecular weight excluding hydrogens is 784 g/mol. The van der Waals surface area contributed by atoms with Crippen molar-refractivity contribution in [2.75, 3.05) is 185 Å². The summed E-state index contributed by atoms with van der Waals surface area (Å²) in [6.45, 7) is 19.8. The van der Waals surface area contributed by atoms with Gasteiger partial charge in [-0.25, -0.2) is 37.4 Å². The number of nitrogens with zero attached hydrogens (tertiary/aromatic N) is 12. The Kier molecular flexibility index (Phi) is 13.0. The molecular formula is C33H62N12O6P4. The highest BCUT2D eigenvalue weighted by Crippen LogP contribution is 2.84. The fraction of sp³-hybridized carbons (Fsp3) is 0.879. The van der Waals surface area contributed by atoms with E-state index in [0.717, 1.165) is 98.2 Å². The third-order valence-electron chi connectivity index (χ3n) is 11.9. The highest BCUT2D eigenvalue weighted by Gasteiger charge is 2.54. The number of rotatable bonds is 8. The highest BCUT2D eigenvalue weighted by molar-refractivity contribution is 7.83. The van der Waals surface area contributed by atoms with Gasteiger partial charge in [0.25, 0.3) is 0 Å². The van der Waals surface area contributed by atoms with Crippen molar-refractivity contribution < 1.29 is 28.4 Å². The molecule has 1 aliphatic carbocycles. The molecule has 0 amide bonds. The first-order valence-corrected chi connectivity index (χ1v) is 26.8. The fourth-order valence-corrected chi connectivity index (χ4v) is 30.2. The molecule has 8 aliphatic heterocycles. The van der Waals surface area contributed by atoms with Crippen LogP contribution in [0.2, 0.25) is 0 Å². The van der Waals surface area contributed by atoms with Crippen LogP contribution in [0.25, 0.3) is 0 Å². The second-order valence-electron chi connectivity index (χ2n) is 15.1. The molecule has 0 N–H and O–H groups in total. The molecule has 7 saturated heterocycles. The number of morpholine rings is 6. The number of hydrogen-bond donors (Lipinski definition) is 0. The van der Waals surface area contributed by atoms with Gasteiger partial charge in [-0.3, -0.25) is 0 Å². The molecule has 0 aromatic heterocycles. The first kappa shape index (κ1) is 40.3. The molecule has 1 spiro atoms. The lowest BCUT2D eigenvalue weighted by molar-refractivity contribution is 0.0539. The first-order valence-electron chi connectivity index (χ1n) is 20.4. The van der Waals surface area contributed by atoms with Crippen molar-refractivity contribution in [1.29, 1.82) is 0 Å². The van der Waals surface area contributed by atoms with Crippen molar-refractivity contribution in [3.05, 3.63) is 24.3 Å². The minimum Gasteiger partial charge on any atom is -0.379 e. The molecule has 0 aromatic carbocycles. The third kappa shape index (κ3) is 7.84. The van der Waals surface area contributed by atoms with E-state index in [0.29, 0.717) is 85.2 Å². The van der Waals surface area contributed by atoms with Crippen LogP contribution in [0.15, 0.2) is 42.4 Å². The van der Waals surface area contributed by atoms with Crippen molar-refractivity contribution in [3.8, 4) is 0 Å². The summed E-state index contributed by atoms with van der Waals surface area (Å²) in [4.78, 5) is 0. The van der Waals surface area contributed by atoms with E-state index in [4.69, 9.17) is 46.5 Å². The van der Waals surface area contributed by atoms with E-state index in [1.165, 1.54) is 0 Å². The normalized spacial score (nSPS) is 34.1. The summed E-state index contributed by atoms with van der Waals surface area (Å²) in [7, 11) is -9.36. The second-order valence-corrected chi connectivity index (χ2v) is 26.9. The van der Waals surface area contributed by atoms with E-state index in [2.05, 4.69) is 68.7 Å². The lowest BCUT2D eigenvalue weighted by Gasteiger charge is -2.53. The zero-order valence-electron chi connectivity index (χ0n) is 32.6. The van der Waals surface area contributed by atoms with Crippen LogP contribution in [0, 0.1) is 5.92 Å². The van der Waals surface area contributed by atoms with Gasteiger partial charge >= 0.3 is 0 Å². The van der Waals surface area contributed by atoms with Crippen molar-refractivity contribution in [3.63, 3.8) is 0 Å². The summed E-state index contributed by atoms with van der Waals surface area (Å²) < 4.78 is 84.2. The lowest BCUT2D eigenvalue weighted by atomic mass is 10.2. The van der Waals surface area contributed by atoms with E-state index < -0.39 is 30.0 Å². The van der Waals surface area contributed by atoms with Crippen LogP contribution in [0.1, 0.15) is 0 Å². The Morgan fingerprint density at radius 2 is 0.673 bits per heavy atom.